The van der Waals surface area contributed by atoms with Crippen LogP contribution >= 0.6 is 23.2 Å². The Bertz CT molecular complexity index is 685. The predicted octanol–water partition coefficient (Wildman–Crippen LogP) is 3.35. The molecule has 0 spiro atoms. The Hall–Kier alpha value is -1.59. The number of hydrogen-bond donors (Lipinski definition) is 2. The fraction of sp³-hybridized carbons (Fsp3) is 0.235. The van der Waals surface area contributed by atoms with E-state index in [9.17, 15) is 9.90 Å². The smallest absolute Gasteiger partial charge is 0.255 e. The number of benzene rings is 2. The van der Waals surface area contributed by atoms with Crippen molar-refractivity contribution in [1.29, 1.82) is 0 Å². The standard InChI is InChI=1S/C17H16Cl2N2O2/c18-12-3-1-11(2-4-12)15(21-9-10-21)16(22)17(23)20-14-7-5-13(19)6-8-14/h1-8,15-16,22H,9-10H2,(H,20,23). The third-order valence-electron chi connectivity index (χ3n) is 3.77. The van der Waals surface area contributed by atoms with Crippen molar-refractivity contribution in [2.24, 2.45) is 0 Å². The van der Waals surface area contributed by atoms with Crippen LogP contribution in [0.5, 0.6) is 0 Å². The number of rotatable bonds is 5. The van der Waals surface area contributed by atoms with E-state index < -0.39 is 12.0 Å². The molecule has 0 radical (unpaired) electrons. The first-order chi connectivity index (χ1) is 11.0. The van der Waals surface area contributed by atoms with E-state index in [1.807, 2.05) is 17.0 Å². The minimum absolute atomic E-state index is 0.375. The van der Waals surface area contributed by atoms with Crippen LogP contribution in [-0.4, -0.2) is 35.1 Å². The fourth-order valence-electron chi connectivity index (χ4n) is 2.48. The molecule has 2 aromatic rings. The van der Waals surface area contributed by atoms with Crippen molar-refractivity contribution < 1.29 is 9.90 Å². The molecule has 2 aromatic carbocycles. The second-order valence-electron chi connectivity index (χ2n) is 5.47. The SMILES string of the molecule is O=C(Nc1ccc(Cl)cc1)C(O)C(c1ccc(Cl)cc1)N1CC1. The van der Waals surface area contributed by atoms with Crippen molar-refractivity contribution in [3.05, 3.63) is 64.1 Å². The van der Waals surface area contributed by atoms with Crippen LogP contribution in [0.1, 0.15) is 11.6 Å². The first kappa shape index (κ1) is 16.3. The van der Waals surface area contributed by atoms with Gasteiger partial charge < -0.3 is 10.4 Å². The summed E-state index contributed by atoms with van der Waals surface area (Å²) in [6.45, 7) is 1.72. The Labute approximate surface area is 144 Å². The van der Waals surface area contributed by atoms with Gasteiger partial charge in [-0.3, -0.25) is 9.69 Å². The maximum Gasteiger partial charge on any atom is 0.255 e. The molecule has 4 nitrogen and oxygen atoms in total. The van der Waals surface area contributed by atoms with E-state index >= 15 is 0 Å². The molecule has 0 saturated carbocycles. The summed E-state index contributed by atoms with van der Waals surface area (Å²) in [6.07, 6.45) is -1.17. The summed E-state index contributed by atoms with van der Waals surface area (Å²) in [5.41, 5.74) is 1.46. The van der Waals surface area contributed by atoms with E-state index in [-0.39, 0.29) is 6.04 Å². The third kappa shape index (κ3) is 4.03. The summed E-state index contributed by atoms with van der Waals surface area (Å²) in [6, 6.07) is 13.6. The lowest BCUT2D eigenvalue weighted by Gasteiger charge is -2.24. The van der Waals surface area contributed by atoms with Crippen LogP contribution in [0.15, 0.2) is 48.5 Å². The monoisotopic (exact) mass is 350 g/mol. The second-order valence-corrected chi connectivity index (χ2v) is 6.35. The van der Waals surface area contributed by atoms with Crippen LogP contribution in [-0.2, 0) is 4.79 Å². The molecule has 0 aromatic heterocycles. The molecule has 120 valence electrons. The number of aliphatic hydroxyl groups is 1. The molecule has 0 aliphatic carbocycles. The van der Waals surface area contributed by atoms with Crippen molar-refractivity contribution >= 4 is 34.8 Å². The molecular weight excluding hydrogens is 335 g/mol. The fourth-order valence-corrected chi connectivity index (χ4v) is 2.73. The summed E-state index contributed by atoms with van der Waals surface area (Å²) in [7, 11) is 0. The Morgan fingerprint density at radius 3 is 2.04 bits per heavy atom. The van der Waals surface area contributed by atoms with Gasteiger partial charge in [0.05, 0.1) is 6.04 Å². The van der Waals surface area contributed by atoms with Gasteiger partial charge in [-0.25, -0.2) is 0 Å². The van der Waals surface area contributed by atoms with Crippen molar-refractivity contribution in [3.8, 4) is 0 Å². The van der Waals surface area contributed by atoms with Gasteiger partial charge in [0.15, 0.2) is 6.10 Å². The molecule has 2 unspecified atom stereocenters. The van der Waals surface area contributed by atoms with Crippen LogP contribution in [0.25, 0.3) is 0 Å². The average molecular weight is 351 g/mol. The van der Waals surface area contributed by atoms with E-state index in [0.29, 0.717) is 15.7 Å². The summed E-state index contributed by atoms with van der Waals surface area (Å²) < 4.78 is 0. The summed E-state index contributed by atoms with van der Waals surface area (Å²) in [5.74, 6) is -0.445. The zero-order chi connectivity index (χ0) is 16.4. The third-order valence-corrected chi connectivity index (χ3v) is 4.27. The number of aliphatic hydroxyl groups excluding tert-OH is 1. The average Bonchev–Trinajstić information content (AvgIpc) is 3.36. The van der Waals surface area contributed by atoms with Gasteiger partial charge in [-0.15, -0.1) is 0 Å². The maximum absolute atomic E-state index is 12.4. The second kappa shape index (κ2) is 6.89. The largest absolute Gasteiger partial charge is 0.381 e. The molecule has 6 heteroatoms. The quantitative estimate of drug-likeness (QED) is 0.813. The van der Waals surface area contributed by atoms with Gasteiger partial charge in [0.2, 0.25) is 0 Å². The molecular formula is C17H16Cl2N2O2. The minimum Gasteiger partial charge on any atom is -0.381 e. The predicted molar refractivity (Wildman–Crippen MR) is 91.9 cm³/mol. The molecule has 0 bridgehead atoms. The van der Waals surface area contributed by atoms with E-state index in [2.05, 4.69) is 5.32 Å². The Kier molecular flexibility index (Phi) is 4.87. The maximum atomic E-state index is 12.4. The highest BCUT2D eigenvalue weighted by Gasteiger charge is 2.37. The molecule has 2 atom stereocenters. The van der Waals surface area contributed by atoms with E-state index in [0.717, 1.165) is 18.7 Å². The molecule has 1 heterocycles. The highest BCUT2D eigenvalue weighted by atomic mass is 35.5. The number of nitrogens with zero attached hydrogens (tertiary/aromatic N) is 1. The first-order valence-corrected chi connectivity index (χ1v) is 8.04. The summed E-state index contributed by atoms with van der Waals surface area (Å²) >= 11 is 11.7. The Morgan fingerprint density at radius 2 is 1.52 bits per heavy atom. The lowest BCUT2D eigenvalue weighted by atomic mass is 10.0. The minimum atomic E-state index is -1.17. The topological polar surface area (TPSA) is 52.3 Å². The number of carbonyl (C=O) groups is 1. The zero-order valence-corrected chi connectivity index (χ0v) is 13.8. The van der Waals surface area contributed by atoms with Crippen LogP contribution in [0, 0.1) is 0 Å². The number of nitrogens with one attached hydrogen (secondary N) is 1. The Balaban J connectivity index is 1.75. The van der Waals surface area contributed by atoms with Gasteiger partial charge in [0, 0.05) is 28.8 Å². The van der Waals surface area contributed by atoms with Gasteiger partial charge in [0.1, 0.15) is 0 Å². The summed E-state index contributed by atoms with van der Waals surface area (Å²) in [4.78, 5) is 14.4. The van der Waals surface area contributed by atoms with Gasteiger partial charge in [-0.05, 0) is 42.0 Å². The lowest BCUT2D eigenvalue weighted by Crippen LogP contribution is -2.36. The molecule has 1 aliphatic heterocycles. The first-order valence-electron chi connectivity index (χ1n) is 7.28. The van der Waals surface area contributed by atoms with Crippen molar-refractivity contribution in [1.82, 2.24) is 4.90 Å². The molecule has 1 amide bonds. The van der Waals surface area contributed by atoms with E-state index in [4.69, 9.17) is 23.2 Å². The molecule has 2 N–H and O–H groups in total. The van der Waals surface area contributed by atoms with Gasteiger partial charge in [0.25, 0.3) is 5.91 Å². The van der Waals surface area contributed by atoms with Crippen molar-refractivity contribution in [3.63, 3.8) is 0 Å². The van der Waals surface area contributed by atoms with Crippen LogP contribution in [0.2, 0.25) is 10.0 Å². The lowest BCUT2D eigenvalue weighted by molar-refractivity contribution is -0.126. The Morgan fingerprint density at radius 1 is 1.00 bits per heavy atom. The van der Waals surface area contributed by atoms with E-state index in [1.54, 1.807) is 36.4 Å². The number of amides is 1. The molecule has 1 aliphatic rings. The molecule has 23 heavy (non-hydrogen) atoms. The molecule has 3 rings (SSSR count). The van der Waals surface area contributed by atoms with Gasteiger partial charge in [-0.2, -0.15) is 0 Å². The van der Waals surface area contributed by atoms with Gasteiger partial charge in [-0.1, -0.05) is 35.3 Å². The number of anilines is 1. The molecule has 1 fully saturated rings. The highest BCUT2D eigenvalue weighted by molar-refractivity contribution is 6.30. The summed E-state index contributed by atoms with van der Waals surface area (Å²) in [5, 5.41) is 14.4. The van der Waals surface area contributed by atoms with Crippen LogP contribution < -0.4 is 5.32 Å². The molecule has 1 saturated heterocycles. The van der Waals surface area contributed by atoms with Crippen molar-refractivity contribution in [2.75, 3.05) is 18.4 Å². The van der Waals surface area contributed by atoms with E-state index in [1.165, 1.54) is 0 Å². The zero-order valence-electron chi connectivity index (χ0n) is 12.2. The van der Waals surface area contributed by atoms with Crippen molar-refractivity contribution in [2.45, 2.75) is 12.1 Å². The number of hydrogen-bond acceptors (Lipinski definition) is 3. The normalized spacial score (nSPS) is 16.7. The van der Waals surface area contributed by atoms with Crippen LogP contribution in [0.3, 0.4) is 0 Å². The van der Waals surface area contributed by atoms with Crippen LogP contribution in [0.4, 0.5) is 5.69 Å². The number of carbonyl (C=O) groups excluding carboxylic acids is 1. The number of halogens is 2. The highest BCUT2D eigenvalue weighted by Crippen LogP contribution is 2.31. The van der Waals surface area contributed by atoms with Gasteiger partial charge >= 0.3 is 0 Å².